The summed E-state index contributed by atoms with van der Waals surface area (Å²) in [5.41, 5.74) is 1.06. The van der Waals surface area contributed by atoms with E-state index >= 15 is 0 Å². The lowest BCUT2D eigenvalue weighted by Crippen LogP contribution is -2.21. The van der Waals surface area contributed by atoms with E-state index in [-0.39, 0.29) is 22.7 Å². The van der Waals surface area contributed by atoms with Crippen molar-refractivity contribution in [1.29, 1.82) is 0 Å². The van der Waals surface area contributed by atoms with E-state index in [0.717, 1.165) is 17.3 Å². The number of fused-ring (bicyclic) bond motifs is 1. The van der Waals surface area contributed by atoms with E-state index in [2.05, 4.69) is 10.3 Å². The molecule has 8 nitrogen and oxygen atoms in total. The second-order valence-electron chi connectivity index (χ2n) is 5.89. The van der Waals surface area contributed by atoms with Crippen LogP contribution in [-0.4, -0.2) is 26.1 Å². The average Bonchev–Trinajstić information content (AvgIpc) is 2.65. The molecule has 0 spiro atoms. The summed E-state index contributed by atoms with van der Waals surface area (Å²) in [5, 5.41) is 14.6. The van der Waals surface area contributed by atoms with Crippen molar-refractivity contribution in [3.05, 3.63) is 68.5 Å². The van der Waals surface area contributed by atoms with Crippen molar-refractivity contribution in [1.82, 2.24) is 9.55 Å². The molecule has 9 heteroatoms. The number of hydrogen-bond acceptors (Lipinski definition) is 6. The third kappa shape index (κ3) is 3.98. The van der Waals surface area contributed by atoms with Gasteiger partial charge in [0.2, 0.25) is 5.91 Å². The van der Waals surface area contributed by atoms with E-state index in [1.807, 2.05) is 0 Å². The van der Waals surface area contributed by atoms with Crippen LogP contribution in [0.25, 0.3) is 10.9 Å². The average molecular weight is 384 g/mol. The number of nitrogens with zero attached hydrogens (tertiary/aromatic N) is 3. The molecule has 1 amide bonds. The highest BCUT2D eigenvalue weighted by molar-refractivity contribution is 7.99. The van der Waals surface area contributed by atoms with Crippen molar-refractivity contribution in [3.63, 3.8) is 0 Å². The first kappa shape index (κ1) is 18.6. The molecule has 3 aromatic rings. The molecule has 0 unspecified atom stereocenters. The maximum Gasteiger partial charge on any atom is 0.293 e. The topological polar surface area (TPSA) is 107 Å². The van der Waals surface area contributed by atoms with Crippen LogP contribution in [0.3, 0.4) is 0 Å². The van der Waals surface area contributed by atoms with Crippen LogP contribution in [0.2, 0.25) is 0 Å². The number of amides is 1. The van der Waals surface area contributed by atoms with Crippen molar-refractivity contribution in [2.75, 3.05) is 11.1 Å². The lowest BCUT2D eigenvalue weighted by molar-refractivity contribution is -0.384. The van der Waals surface area contributed by atoms with Crippen LogP contribution >= 0.6 is 11.8 Å². The molecule has 0 saturated heterocycles. The van der Waals surface area contributed by atoms with Crippen molar-refractivity contribution >= 4 is 39.9 Å². The lowest BCUT2D eigenvalue weighted by Gasteiger charge is -2.09. The van der Waals surface area contributed by atoms with Crippen LogP contribution in [0.1, 0.15) is 5.56 Å². The molecule has 0 fully saturated rings. The molecule has 1 aromatic heterocycles. The molecule has 3 rings (SSSR count). The minimum Gasteiger partial charge on any atom is -0.320 e. The Morgan fingerprint density at radius 3 is 2.78 bits per heavy atom. The molecular weight excluding hydrogens is 368 g/mol. The Morgan fingerprint density at radius 1 is 1.30 bits per heavy atom. The summed E-state index contributed by atoms with van der Waals surface area (Å²) in [6, 6.07) is 11.6. The zero-order chi connectivity index (χ0) is 19.6. The van der Waals surface area contributed by atoms with Gasteiger partial charge in [-0.15, -0.1) is 0 Å². The third-order valence-electron chi connectivity index (χ3n) is 3.90. The van der Waals surface area contributed by atoms with E-state index in [4.69, 9.17) is 0 Å². The number of nitrogens with one attached hydrogen (secondary N) is 1. The molecule has 2 aromatic carbocycles. The van der Waals surface area contributed by atoms with E-state index in [1.54, 1.807) is 44.3 Å². The van der Waals surface area contributed by atoms with Gasteiger partial charge >= 0.3 is 0 Å². The van der Waals surface area contributed by atoms with Gasteiger partial charge in [0.1, 0.15) is 5.69 Å². The van der Waals surface area contributed by atoms with E-state index in [0.29, 0.717) is 16.1 Å². The fourth-order valence-electron chi connectivity index (χ4n) is 2.54. The van der Waals surface area contributed by atoms with Gasteiger partial charge in [-0.05, 0) is 30.7 Å². The van der Waals surface area contributed by atoms with E-state index in [9.17, 15) is 19.7 Å². The second kappa shape index (κ2) is 7.58. The van der Waals surface area contributed by atoms with Gasteiger partial charge in [0, 0.05) is 13.1 Å². The Kier molecular flexibility index (Phi) is 5.22. The lowest BCUT2D eigenvalue weighted by atomic mass is 10.2. The molecule has 0 aliphatic carbocycles. The van der Waals surface area contributed by atoms with Gasteiger partial charge in [0.25, 0.3) is 11.2 Å². The van der Waals surface area contributed by atoms with Crippen LogP contribution in [0.5, 0.6) is 0 Å². The Hall–Kier alpha value is -3.20. The first-order valence-electron chi connectivity index (χ1n) is 8.00. The number of aryl methyl sites for hydroxylation is 1. The van der Waals surface area contributed by atoms with E-state index in [1.165, 1.54) is 16.7 Å². The van der Waals surface area contributed by atoms with Gasteiger partial charge in [-0.25, -0.2) is 4.98 Å². The monoisotopic (exact) mass is 384 g/mol. The van der Waals surface area contributed by atoms with Crippen LogP contribution in [0, 0.1) is 17.0 Å². The number of anilines is 1. The summed E-state index contributed by atoms with van der Waals surface area (Å²) in [7, 11) is 1.59. The molecule has 0 aliphatic rings. The van der Waals surface area contributed by atoms with Crippen molar-refractivity contribution in [2.45, 2.75) is 12.1 Å². The molecule has 0 saturated carbocycles. The first-order valence-corrected chi connectivity index (χ1v) is 8.99. The highest BCUT2D eigenvalue weighted by Crippen LogP contribution is 2.26. The van der Waals surface area contributed by atoms with Crippen molar-refractivity contribution in [2.24, 2.45) is 7.05 Å². The third-order valence-corrected chi connectivity index (χ3v) is 4.93. The van der Waals surface area contributed by atoms with Gasteiger partial charge in [0.15, 0.2) is 5.16 Å². The van der Waals surface area contributed by atoms with Crippen LogP contribution < -0.4 is 10.9 Å². The maximum atomic E-state index is 12.4. The Balaban J connectivity index is 1.77. The summed E-state index contributed by atoms with van der Waals surface area (Å²) in [6.07, 6.45) is 0. The molecule has 1 N–H and O–H groups in total. The predicted octanol–water partition coefficient (Wildman–Crippen LogP) is 2.88. The predicted molar refractivity (Wildman–Crippen MR) is 104 cm³/mol. The number of para-hydroxylation sites is 1. The smallest absolute Gasteiger partial charge is 0.293 e. The summed E-state index contributed by atoms with van der Waals surface area (Å²) in [4.78, 5) is 39.6. The Bertz CT molecular complexity index is 1110. The van der Waals surface area contributed by atoms with Crippen LogP contribution in [-0.2, 0) is 11.8 Å². The molecule has 27 heavy (non-hydrogen) atoms. The largest absolute Gasteiger partial charge is 0.320 e. The van der Waals surface area contributed by atoms with E-state index < -0.39 is 10.8 Å². The molecular formula is C18H16N4O4S. The van der Waals surface area contributed by atoms with Gasteiger partial charge in [-0.2, -0.15) is 0 Å². The molecule has 138 valence electrons. The number of nitro groups is 1. The van der Waals surface area contributed by atoms with Gasteiger partial charge in [-0.1, -0.05) is 30.0 Å². The molecule has 0 bridgehead atoms. The van der Waals surface area contributed by atoms with Crippen molar-refractivity contribution in [3.8, 4) is 0 Å². The SMILES string of the molecule is Cc1ccc(NC(=O)CSc2nc3ccccc3c(=O)n2C)c([N+](=O)[O-])c1. The molecule has 1 heterocycles. The molecule has 0 aliphatic heterocycles. The zero-order valence-corrected chi connectivity index (χ0v) is 15.4. The fourth-order valence-corrected chi connectivity index (χ4v) is 3.31. The van der Waals surface area contributed by atoms with Gasteiger partial charge < -0.3 is 5.32 Å². The highest BCUT2D eigenvalue weighted by Gasteiger charge is 2.17. The molecule has 0 atom stereocenters. The summed E-state index contributed by atoms with van der Waals surface area (Å²) in [6.45, 7) is 1.74. The number of carbonyl (C=O) groups excluding carboxylic acids is 1. The number of nitro benzene ring substituents is 1. The number of carbonyl (C=O) groups is 1. The first-order chi connectivity index (χ1) is 12.9. The minimum atomic E-state index is -0.537. The van der Waals surface area contributed by atoms with Crippen LogP contribution in [0.15, 0.2) is 52.4 Å². The Morgan fingerprint density at radius 2 is 2.04 bits per heavy atom. The zero-order valence-electron chi connectivity index (χ0n) is 14.6. The normalized spacial score (nSPS) is 10.7. The molecule has 0 radical (unpaired) electrons. The fraction of sp³-hybridized carbons (Fsp3) is 0.167. The number of hydrogen-bond donors (Lipinski definition) is 1. The quantitative estimate of drug-likeness (QED) is 0.314. The second-order valence-corrected chi connectivity index (χ2v) is 6.83. The number of aromatic nitrogens is 2. The van der Waals surface area contributed by atoms with Gasteiger partial charge in [-0.3, -0.25) is 24.3 Å². The number of rotatable bonds is 5. The minimum absolute atomic E-state index is 0.0380. The number of thioether (sulfide) groups is 1. The standard InChI is InChI=1S/C18H16N4O4S/c1-11-7-8-14(15(9-11)22(25)26)19-16(23)10-27-18-20-13-6-4-3-5-12(13)17(24)21(18)2/h3-9H,10H2,1-2H3,(H,19,23). The number of benzene rings is 2. The van der Waals surface area contributed by atoms with Crippen molar-refractivity contribution < 1.29 is 9.72 Å². The van der Waals surface area contributed by atoms with Crippen LogP contribution in [0.4, 0.5) is 11.4 Å². The summed E-state index contributed by atoms with van der Waals surface area (Å²) >= 11 is 1.09. The van der Waals surface area contributed by atoms with Gasteiger partial charge in [0.05, 0.1) is 21.6 Å². The highest BCUT2D eigenvalue weighted by atomic mass is 32.2. The summed E-state index contributed by atoms with van der Waals surface area (Å²) in [5.74, 6) is -0.460. The summed E-state index contributed by atoms with van der Waals surface area (Å²) < 4.78 is 1.38. The Labute approximate surface area is 158 Å². The maximum absolute atomic E-state index is 12.4.